The van der Waals surface area contributed by atoms with Crippen molar-refractivity contribution in [3.63, 3.8) is 0 Å². The van der Waals surface area contributed by atoms with E-state index in [2.05, 4.69) is 0 Å². The number of nitrogens with zero attached hydrogens (tertiary/aromatic N) is 1. The molecule has 2 saturated heterocycles. The number of ether oxygens (including phenoxy) is 2. The number of carbonyl (C=O) groups excluding carboxylic acids is 1. The molecular formula is C13H23NO4. The maximum absolute atomic E-state index is 12.0. The van der Waals surface area contributed by atoms with Crippen LogP contribution in [-0.2, 0) is 9.47 Å². The molecule has 2 heterocycles. The summed E-state index contributed by atoms with van der Waals surface area (Å²) < 4.78 is 10.7. The van der Waals surface area contributed by atoms with Gasteiger partial charge in [0, 0.05) is 18.5 Å². The molecule has 0 radical (unpaired) electrons. The lowest BCUT2D eigenvalue weighted by molar-refractivity contribution is -0.0208. The summed E-state index contributed by atoms with van der Waals surface area (Å²) in [6.45, 7) is 7.72. The van der Waals surface area contributed by atoms with Crippen LogP contribution in [0.25, 0.3) is 0 Å². The van der Waals surface area contributed by atoms with Gasteiger partial charge >= 0.3 is 6.09 Å². The van der Waals surface area contributed by atoms with Gasteiger partial charge in [0.1, 0.15) is 5.60 Å². The summed E-state index contributed by atoms with van der Waals surface area (Å²) >= 11 is 0. The third-order valence-corrected chi connectivity index (χ3v) is 3.63. The van der Waals surface area contributed by atoms with E-state index in [-0.39, 0.29) is 11.5 Å². The van der Waals surface area contributed by atoms with Crippen LogP contribution in [0.2, 0.25) is 0 Å². The number of hydrogen-bond donors (Lipinski definition) is 1. The molecule has 5 heteroatoms. The van der Waals surface area contributed by atoms with Crippen molar-refractivity contribution < 1.29 is 19.4 Å². The van der Waals surface area contributed by atoms with Crippen LogP contribution in [0.1, 0.15) is 33.6 Å². The summed E-state index contributed by atoms with van der Waals surface area (Å²) in [6.07, 6.45) is 1.04. The van der Waals surface area contributed by atoms with Crippen molar-refractivity contribution in [3.8, 4) is 0 Å². The first-order valence-corrected chi connectivity index (χ1v) is 6.56. The van der Waals surface area contributed by atoms with Gasteiger partial charge in [-0.15, -0.1) is 0 Å². The second-order valence-electron chi connectivity index (χ2n) is 6.40. The van der Waals surface area contributed by atoms with E-state index in [1.807, 2.05) is 20.8 Å². The Morgan fingerprint density at radius 2 is 2.22 bits per heavy atom. The molecule has 2 fully saturated rings. The maximum atomic E-state index is 12.0. The molecule has 18 heavy (non-hydrogen) atoms. The standard InChI is InChI=1S/C13H23NO4/c1-12(2,3)18-11(16)14-6-4-5-13(8-14)9-17-7-10(13)15/h10,15H,4-9H2,1-3H3. The third-order valence-electron chi connectivity index (χ3n) is 3.63. The molecule has 2 unspecified atom stereocenters. The lowest BCUT2D eigenvalue weighted by atomic mass is 9.77. The molecule has 0 saturated carbocycles. The van der Waals surface area contributed by atoms with Gasteiger partial charge in [0.2, 0.25) is 0 Å². The lowest BCUT2D eigenvalue weighted by Crippen LogP contribution is -2.52. The number of likely N-dealkylation sites (tertiary alicyclic amines) is 1. The Bertz CT molecular complexity index is 325. The second-order valence-corrected chi connectivity index (χ2v) is 6.40. The Balaban J connectivity index is 2.01. The molecule has 0 aromatic rings. The van der Waals surface area contributed by atoms with E-state index in [0.29, 0.717) is 26.3 Å². The molecule has 5 nitrogen and oxygen atoms in total. The summed E-state index contributed by atoms with van der Waals surface area (Å²) in [7, 11) is 0. The van der Waals surface area contributed by atoms with Crippen molar-refractivity contribution in [2.24, 2.45) is 5.41 Å². The van der Waals surface area contributed by atoms with E-state index in [1.54, 1.807) is 4.90 Å². The van der Waals surface area contributed by atoms with Gasteiger partial charge in [0.15, 0.2) is 0 Å². The first-order chi connectivity index (χ1) is 8.32. The molecule has 0 aromatic carbocycles. The average Bonchev–Trinajstić information content (AvgIpc) is 2.58. The van der Waals surface area contributed by atoms with Crippen LogP contribution in [0.15, 0.2) is 0 Å². The predicted octanol–water partition coefficient (Wildman–Crippen LogP) is 1.39. The van der Waals surface area contributed by atoms with Gasteiger partial charge in [-0.2, -0.15) is 0 Å². The van der Waals surface area contributed by atoms with Crippen LogP contribution in [0.3, 0.4) is 0 Å². The molecule has 1 N–H and O–H groups in total. The zero-order valence-electron chi connectivity index (χ0n) is 11.4. The minimum atomic E-state index is -0.480. The Kier molecular flexibility index (Phi) is 3.56. The van der Waals surface area contributed by atoms with E-state index in [4.69, 9.17) is 9.47 Å². The smallest absolute Gasteiger partial charge is 0.410 e. The number of rotatable bonds is 0. The van der Waals surface area contributed by atoms with Gasteiger partial charge < -0.3 is 19.5 Å². The van der Waals surface area contributed by atoms with E-state index >= 15 is 0 Å². The molecule has 0 aliphatic carbocycles. The van der Waals surface area contributed by atoms with Crippen molar-refractivity contribution in [2.75, 3.05) is 26.3 Å². The van der Waals surface area contributed by atoms with E-state index in [1.165, 1.54) is 0 Å². The number of hydrogen-bond acceptors (Lipinski definition) is 4. The first-order valence-electron chi connectivity index (χ1n) is 6.56. The van der Waals surface area contributed by atoms with Gasteiger partial charge in [-0.3, -0.25) is 0 Å². The second kappa shape index (κ2) is 4.70. The van der Waals surface area contributed by atoms with Crippen LogP contribution in [0, 0.1) is 5.41 Å². The molecule has 2 aliphatic rings. The first kappa shape index (κ1) is 13.6. The Labute approximate surface area is 108 Å². The summed E-state index contributed by atoms with van der Waals surface area (Å²) in [5, 5.41) is 10.0. The summed E-state index contributed by atoms with van der Waals surface area (Å²) in [4.78, 5) is 13.7. The maximum Gasteiger partial charge on any atom is 0.410 e. The number of aliphatic hydroxyl groups excluding tert-OH is 1. The molecule has 2 aliphatic heterocycles. The van der Waals surface area contributed by atoms with Crippen molar-refractivity contribution in [1.29, 1.82) is 0 Å². The quantitative estimate of drug-likeness (QED) is 0.712. The van der Waals surface area contributed by atoms with Crippen molar-refractivity contribution >= 4 is 6.09 Å². The Morgan fingerprint density at radius 1 is 1.50 bits per heavy atom. The SMILES string of the molecule is CC(C)(C)OC(=O)N1CCCC2(COCC2O)C1. The topological polar surface area (TPSA) is 59.0 Å². The zero-order chi connectivity index (χ0) is 13.4. The minimum Gasteiger partial charge on any atom is -0.444 e. The monoisotopic (exact) mass is 257 g/mol. The number of amides is 1. The molecule has 0 aromatic heterocycles. The van der Waals surface area contributed by atoms with Crippen molar-refractivity contribution in [2.45, 2.75) is 45.3 Å². The third kappa shape index (κ3) is 2.78. The van der Waals surface area contributed by atoms with Crippen LogP contribution in [-0.4, -0.2) is 54.1 Å². The Morgan fingerprint density at radius 3 is 2.78 bits per heavy atom. The van der Waals surface area contributed by atoms with E-state index < -0.39 is 11.7 Å². The fourth-order valence-corrected chi connectivity index (χ4v) is 2.68. The summed E-state index contributed by atoms with van der Waals surface area (Å²) in [6, 6.07) is 0. The highest BCUT2D eigenvalue weighted by atomic mass is 16.6. The van der Waals surface area contributed by atoms with Gasteiger partial charge in [-0.1, -0.05) is 0 Å². The van der Waals surface area contributed by atoms with Gasteiger partial charge in [0.25, 0.3) is 0 Å². The Hall–Kier alpha value is -0.810. The molecule has 0 bridgehead atoms. The molecule has 104 valence electrons. The highest BCUT2D eigenvalue weighted by molar-refractivity contribution is 5.68. The largest absolute Gasteiger partial charge is 0.444 e. The molecular weight excluding hydrogens is 234 g/mol. The van der Waals surface area contributed by atoms with Gasteiger partial charge in [-0.05, 0) is 33.6 Å². The van der Waals surface area contributed by atoms with E-state index in [9.17, 15) is 9.90 Å². The van der Waals surface area contributed by atoms with Crippen molar-refractivity contribution in [1.82, 2.24) is 4.90 Å². The van der Waals surface area contributed by atoms with Gasteiger partial charge in [-0.25, -0.2) is 4.79 Å². The average molecular weight is 257 g/mol. The molecule has 2 rings (SSSR count). The van der Waals surface area contributed by atoms with Crippen LogP contribution in [0.5, 0.6) is 0 Å². The zero-order valence-corrected chi connectivity index (χ0v) is 11.4. The highest BCUT2D eigenvalue weighted by Gasteiger charge is 2.47. The van der Waals surface area contributed by atoms with Crippen LogP contribution in [0.4, 0.5) is 4.79 Å². The number of aliphatic hydroxyl groups is 1. The van der Waals surface area contributed by atoms with Crippen LogP contribution < -0.4 is 0 Å². The normalized spacial score (nSPS) is 32.9. The number of piperidine rings is 1. The van der Waals surface area contributed by atoms with Crippen molar-refractivity contribution in [3.05, 3.63) is 0 Å². The molecule has 1 amide bonds. The minimum absolute atomic E-state index is 0.283. The fraction of sp³-hybridized carbons (Fsp3) is 0.923. The molecule has 1 spiro atoms. The van der Waals surface area contributed by atoms with Crippen LogP contribution >= 0.6 is 0 Å². The highest BCUT2D eigenvalue weighted by Crippen LogP contribution is 2.38. The summed E-state index contributed by atoms with van der Waals surface area (Å²) in [5.74, 6) is 0. The fourth-order valence-electron chi connectivity index (χ4n) is 2.68. The van der Waals surface area contributed by atoms with Gasteiger partial charge in [0.05, 0.1) is 19.3 Å². The van der Waals surface area contributed by atoms with E-state index in [0.717, 1.165) is 12.8 Å². The number of carbonyl (C=O) groups is 1. The predicted molar refractivity (Wildman–Crippen MR) is 66.3 cm³/mol. The lowest BCUT2D eigenvalue weighted by Gasteiger charge is -2.41. The molecule has 2 atom stereocenters. The summed E-state index contributed by atoms with van der Waals surface area (Å²) in [5.41, 5.74) is -0.762.